The maximum absolute atomic E-state index is 12.0. The summed E-state index contributed by atoms with van der Waals surface area (Å²) in [6.45, 7) is 6.86. The number of sulfone groups is 1. The quantitative estimate of drug-likeness (QED) is 0.673. The number of piperidine rings is 1. The smallest absolute Gasteiger partial charge is 0.330 e. The maximum Gasteiger partial charge on any atom is 0.330 e. The van der Waals surface area contributed by atoms with Crippen LogP contribution in [0.5, 0.6) is 0 Å². The number of benzene rings is 1. The van der Waals surface area contributed by atoms with Gasteiger partial charge >= 0.3 is 5.97 Å². The zero-order valence-electron chi connectivity index (χ0n) is 17.6. The minimum absolute atomic E-state index is 0.0129. The number of hydroxylamine groups is 2. The van der Waals surface area contributed by atoms with Gasteiger partial charge in [-0.05, 0) is 57.9 Å². The van der Waals surface area contributed by atoms with Gasteiger partial charge in [-0.25, -0.2) is 13.2 Å². The lowest BCUT2D eigenvalue weighted by molar-refractivity contribution is -0.209. The summed E-state index contributed by atoms with van der Waals surface area (Å²) in [5.41, 5.74) is 0.125. The number of rotatable bonds is 6. The average molecular weight is 438 g/mol. The average Bonchev–Trinajstić information content (AvgIpc) is 3.15. The van der Waals surface area contributed by atoms with Crippen molar-refractivity contribution in [1.82, 2.24) is 15.2 Å². The van der Waals surface area contributed by atoms with E-state index >= 15 is 0 Å². The number of carbonyl (C=O) groups excluding carboxylic acids is 1. The highest BCUT2D eigenvalue weighted by Gasteiger charge is 2.28. The van der Waals surface area contributed by atoms with E-state index in [0.29, 0.717) is 30.4 Å². The summed E-state index contributed by atoms with van der Waals surface area (Å²) in [5.74, 6) is 0.473. The molecule has 0 N–H and O–H groups in total. The second-order valence-corrected chi connectivity index (χ2v) is 10.4. The fraction of sp³-hybridized carbons (Fsp3) is 0.550. The summed E-state index contributed by atoms with van der Waals surface area (Å²) < 4.78 is 34.2. The number of hydrogen-bond donors (Lipinski definition) is 0. The van der Waals surface area contributed by atoms with Crippen molar-refractivity contribution >= 4 is 15.8 Å². The molecule has 0 amide bonds. The van der Waals surface area contributed by atoms with Crippen molar-refractivity contribution < 1.29 is 27.3 Å². The van der Waals surface area contributed by atoms with Crippen LogP contribution in [0.25, 0.3) is 11.4 Å². The number of carbonyl (C=O) groups is 1. The lowest BCUT2D eigenvalue weighted by Crippen LogP contribution is -2.40. The zero-order chi connectivity index (χ0) is 21.9. The van der Waals surface area contributed by atoms with Crippen molar-refractivity contribution in [2.24, 2.45) is 5.41 Å². The molecule has 1 saturated heterocycles. The molecule has 1 aromatic heterocycles. The first-order chi connectivity index (χ1) is 14.0. The molecule has 1 fully saturated rings. The fourth-order valence-electron chi connectivity index (χ4n) is 2.82. The first-order valence-corrected chi connectivity index (χ1v) is 11.6. The maximum atomic E-state index is 12.0. The largest absolute Gasteiger partial charge is 0.368 e. The van der Waals surface area contributed by atoms with E-state index in [2.05, 4.69) is 10.1 Å². The summed E-state index contributed by atoms with van der Waals surface area (Å²) in [4.78, 5) is 21.9. The highest BCUT2D eigenvalue weighted by Crippen LogP contribution is 2.22. The highest BCUT2D eigenvalue weighted by atomic mass is 32.2. The van der Waals surface area contributed by atoms with Crippen LogP contribution in [0.3, 0.4) is 0 Å². The molecule has 164 valence electrons. The summed E-state index contributed by atoms with van der Waals surface area (Å²) in [6, 6.07) is 6.30. The molecular formula is C20H27N3O6S. The second kappa shape index (κ2) is 8.83. The van der Waals surface area contributed by atoms with Gasteiger partial charge in [0.25, 0.3) is 5.89 Å². The molecule has 3 rings (SSSR count). The van der Waals surface area contributed by atoms with Crippen LogP contribution in [0.2, 0.25) is 0 Å². The number of hydrogen-bond acceptors (Lipinski definition) is 9. The van der Waals surface area contributed by atoms with Gasteiger partial charge in [-0.15, -0.1) is 5.06 Å². The van der Waals surface area contributed by atoms with E-state index in [4.69, 9.17) is 14.1 Å². The molecule has 0 radical (unpaired) electrons. The van der Waals surface area contributed by atoms with Crippen LogP contribution in [0.1, 0.15) is 39.5 Å². The van der Waals surface area contributed by atoms with Crippen LogP contribution < -0.4 is 0 Å². The van der Waals surface area contributed by atoms with Gasteiger partial charge in [-0.1, -0.05) is 5.16 Å². The van der Waals surface area contributed by atoms with E-state index in [9.17, 15) is 13.2 Å². The monoisotopic (exact) mass is 437 g/mol. The third-order valence-electron chi connectivity index (χ3n) is 4.68. The molecule has 9 nitrogen and oxygen atoms in total. The Hall–Kier alpha value is -2.30. The molecule has 0 spiro atoms. The molecule has 0 unspecified atom stereocenters. The molecule has 0 aliphatic carbocycles. The van der Waals surface area contributed by atoms with Crippen molar-refractivity contribution in [3.63, 3.8) is 0 Å². The Morgan fingerprint density at radius 1 is 1.20 bits per heavy atom. The molecule has 2 heterocycles. The molecule has 1 aliphatic heterocycles. The van der Waals surface area contributed by atoms with E-state index in [1.165, 1.54) is 12.1 Å². The van der Waals surface area contributed by atoms with Crippen LogP contribution in [-0.4, -0.2) is 55.0 Å². The van der Waals surface area contributed by atoms with Crippen LogP contribution in [0, 0.1) is 5.41 Å². The van der Waals surface area contributed by atoms with Crippen LogP contribution >= 0.6 is 0 Å². The molecular weight excluding hydrogens is 410 g/mol. The molecule has 0 atom stereocenters. The van der Waals surface area contributed by atoms with Gasteiger partial charge in [0.1, 0.15) is 6.61 Å². The molecule has 1 aromatic carbocycles. The Bertz CT molecular complexity index is 971. The SMILES string of the molecule is CC(C)(C)C(=O)ON1CCC(OCc2nc(-c3ccc(S(C)(=O)=O)cc3)no2)CC1. The third kappa shape index (κ3) is 5.87. The second-order valence-electron chi connectivity index (χ2n) is 8.38. The molecule has 30 heavy (non-hydrogen) atoms. The summed E-state index contributed by atoms with van der Waals surface area (Å²) in [6.07, 6.45) is 2.63. The van der Waals surface area contributed by atoms with Crippen molar-refractivity contribution in [3.8, 4) is 11.4 Å². The topological polar surface area (TPSA) is 112 Å². The van der Waals surface area contributed by atoms with Crippen molar-refractivity contribution in [2.45, 2.75) is 51.2 Å². The normalized spacial score (nSPS) is 16.5. The van der Waals surface area contributed by atoms with E-state index < -0.39 is 15.3 Å². The molecule has 0 saturated carbocycles. The molecule has 10 heteroatoms. The van der Waals surface area contributed by atoms with Crippen molar-refractivity contribution in [1.29, 1.82) is 0 Å². The van der Waals surface area contributed by atoms with Gasteiger partial charge in [-0.3, -0.25) is 0 Å². The van der Waals surface area contributed by atoms with Gasteiger partial charge in [0.15, 0.2) is 9.84 Å². The Morgan fingerprint density at radius 2 is 1.83 bits per heavy atom. The van der Waals surface area contributed by atoms with Gasteiger partial charge in [0, 0.05) is 24.9 Å². The van der Waals surface area contributed by atoms with E-state index in [1.54, 1.807) is 17.2 Å². The van der Waals surface area contributed by atoms with Gasteiger partial charge in [0.2, 0.25) is 5.82 Å². The first kappa shape index (κ1) is 22.4. The minimum atomic E-state index is -3.25. The van der Waals surface area contributed by atoms with E-state index in [0.717, 1.165) is 19.1 Å². The zero-order valence-corrected chi connectivity index (χ0v) is 18.4. The number of nitrogens with zero attached hydrogens (tertiary/aromatic N) is 3. The van der Waals surface area contributed by atoms with E-state index in [-0.39, 0.29) is 23.6 Å². The van der Waals surface area contributed by atoms with Gasteiger partial charge < -0.3 is 14.1 Å². The predicted molar refractivity (Wildman–Crippen MR) is 108 cm³/mol. The Kier molecular flexibility index (Phi) is 6.59. The van der Waals surface area contributed by atoms with Gasteiger partial charge in [0.05, 0.1) is 16.4 Å². The van der Waals surface area contributed by atoms with Crippen molar-refractivity contribution in [2.75, 3.05) is 19.3 Å². The summed E-state index contributed by atoms with van der Waals surface area (Å²) in [5, 5.41) is 5.61. The lowest BCUT2D eigenvalue weighted by Gasteiger charge is -2.31. The fourth-order valence-corrected chi connectivity index (χ4v) is 3.45. The first-order valence-electron chi connectivity index (χ1n) is 9.74. The van der Waals surface area contributed by atoms with Crippen molar-refractivity contribution in [3.05, 3.63) is 30.2 Å². The Labute approximate surface area is 176 Å². The summed E-state index contributed by atoms with van der Waals surface area (Å²) in [7, 11) is -3.25. The molecule has 1 aliphatic rings. The molecule has 2 aromatic rings. The molecule has 0 bridgehead atoms. The Balaban J connectivity index is 1.48. The standard InChI is InChI=1S/C20H27N3O6S/c1-20(2,3)19(24)29-23-11-9-15(10-12-23)27-13-17-21-18(22-28-17)14-5-7-16(8-6-14)30(4,25)26/h5-8,15H,9-13H2,1-4H3. The predicted octanol–water partition coefficient (Wildman–Crippen LogP) is 2.63. The van der Waals surface area contributed by atoms with Gasteiger partial charge in [-0.2, -0.15) is 4.98 Å². The highest BCUT2D eigenvalue weighted by molar-refractivity contribution is 7.90. The number of ether oxygens (including phenoxy) is 1. The summed E-state index contributed by atoms with van der Waals surface area (Å²) >= 11 is 0. The van der Waals surface area contributed by atoms with Crippen LogP contribution in [0.15, 0.2) is 33.7 Å². The van der Waals surface area contributed by atoms with E-state index in [1.807, 2.05) is 20.8 Å². The number of aromatic nitrogens is 2. The van der Waals surface area contributed by atoms with Crippen LogP contribution in [-0.2, 0) is 30.8 Å². The minimum Gasteiger partial charge on any atom is -0.368 e. The third-order valence-corrected chi connectivity index (χ3v) is 5.81. The lowest BCUT2D eigenvalue weighted by atomic mass is 9.98. The van der Waals surface area contributed by atoms with Crippen LogP contribution in [0.4, 0.5) is 0 Å². The Morgan fingerprint density at radius 3 is 2.40 bits per heavy atom.